The van der Waals surface area contributed by atoms with Gasteiger partial charge in [-0.1, -0.05) is 6.08 Å². The SMILES string of the molecule is C=CCNc1nc(N)nc2c1ncn2[C@H]1C[C@@H](N)[C@@H](CO)O1. The Hall–Kier alpha value is -2.23. The average molecular weight is 305 g/mol. The van der Waals surface area contributed by atoms with Gasteiger partial charge in [0.2, 0.25) is 5.95 Å². The summed E-state index contributed by atoms with van der Waals surface area (Å²) in [5, 5.41) is 12.3. The van der Waals surface area contributed by atoms with E-state index in [0.29, 0.717) is 29.9 Å². The molecule has 118 valence electrons. The fourth-order valence-corrected chi connectivity index (χ4v) is 2.54. The van der Waals surface area contributed by atoms with E-state index in [2.05, 4.69) is 26.8 Å². The summed E-state index contributed by atoms with van der Waals surface area (Å²) in [6.07, 6.45) is 3.18. The molecule has 22 heavy (non-hydrogen) atoms. The summed E-state index contributed by atoms with van der Waals surface area (Å²) in [6.45, 7) is 4.07. The Morgan fingerprint density at radius 2 is 2.36 bits per heavy atom. The van der Waals surface area contributed by atoms with E-state index in [1.165, 1.54) is 0 Å². The maximum Gasteiger partial charge on any atom is 0.224 e. The van der Waals surface area contributed by atoms with Crippen molar-refractivity contribution in [2.75, 3.05) is 24.2 Å². The van der Waals surface area contributed by atoms with Gasteiger partial charge in [-0.05, 0) is 0 Å². The molecule has 2 aromatic heterocycles. The summed E-state index contributed by atoms with van der Waals surface area (Å²) in [7, 11) is 0. The maximum absolute atomic E-state index is 9.26. The third kappa shape index (κ3) is 2.49. The van der Waals surface area contributed by atoms with Crippen LogP contribution >= 0.6 is 0 Å². The molecule has 0 aliphatic carbocycles. The molecule has 3 rings (SSSR count). The van der Waals surface area contributed by atoms with Crippen molar-refractivity contribution in [2.24, 2.45) is 5.73 Å². The molecule has 6 N–H and O–H groups in total. The predicted octanol–water partition coefficient (Wildman–Crippen LogP) is -0.386. The number of aromatic nitrogens is 4. The Labute approximate surface area is 127 Å². The quantitative estimate of drug-likeness (QED) is 0.548. The van der Waals surface area contributed by atoms with Gasteiger partial charge in [0.05, 0.1) is 19.0 Å². The van der Waals surface area contributed by atoms with E-state index >= 15 is 0 Å². The van der Waals surface area contributed by atoms with Gasteiger partial charge in [-0.15, -0.1) is 6.58 Å². The van der Waals surface area contributed by atoms with Crippen molar-refractivity contribution in [2.45, 2.75) is 24.8 Å². The first-order valence-corrected chi connectivity index (χ1v) is 7.00. The number of fused-ring (bicyclic) bond motifs is 1. The first-order valence-electron chi connectivity index (χ1n) is 7.00. The summed E-state index contributed by atoms with van der Waals surface area (Å²) in [5.41, 5.74) is 12.9. The molecule has 0 radical (unpaired) electrons. The van der Waals surface area contributed by atoms with E-state index in [1.807, 2.05) is 0 Å². The Kier molecular flexibility index (Phi) is 3.92. The van der Waals surface area contributed by atoms with Gasteiger partial charge < -0.3 is 26.6 Å². The lowest BCUT2D eigenvalue weighted by Crippen LogP contribution is -2.32. The van der Waals surface area contributed by atoms with Crippen molar-refractivity contribution in [3.05, 3.63) is 19.0 Å². The fourth-order valence-electron chi connectivity index (χ4n) is 2.54. The van der Waals surface area contributed by atoms with Crippen LogP contribution in [0.15, 0.2) is 19.0 Å². The molecule has 0 aromatic carbocycles. The highest BCUT2D eigenvalue weighted by atomic mass is 16.5. The second-order valence-corrected chi connectivity index (χ2v) is 5.14. The monoisotopic (exact) mass is 305 g/mol. The average Bonchev–Trinajstić information content (AvgIpc) is 3.07. The summed E-state index contributed by atoms with van der Waals surface area (Å²) in [6, 6.07) is -0.231. The van der Waals surface area contributed by atoms with Gasteiger partial charge >= 0.3 is 0 Å². The molecular formula is C13H19N7O2. The number of hydrogen-bond acceptors (Lipinski definition) is 8. The van der Waals surface area contributed by atoms with Crippen molar-refractivity contribution in [3.63, 3.8) is 0 Å². The van der Waals surface area contributed by atoms with Crippen molar-refractivity contribution in [1.82, 2.24) is 19.5 Å². The van der Waals surface area contributed by atoms with E-state index in [-0.39, 0.29) is 30.9 Å². The second-order valence-electron chi connectivity index (χ2n) is 5.14. The predicted molar refractivity (Wildman–Crippen MR) is 82.0 cm³/mol. The number of nitrogens with zero attached hydrogens (tertiary/aromatic N) is 4. The van der Waals surface area contributed by atoms with Gasteiger partial charge in [0, 0.05) is 19.0 Å². The number of hydrogen-bond donors (Lipinski definition) is 4. The highest BCUT2D eigenvalue weighted by Gasteiger charge is 2.34. The molecule has 9 heteroatoms. The third-order valence-electron chi connectivity index (χ3n) is 3.63. The first kappa shape index (κ1) is 14.7. The normalized spacial score (nSPS) is 24.7. The Bertz CT molecular complexity index is 686. The summed E-state index contributed by atoms with van der Waals surface area (Å²) in [5.74, 6) is 0.684. The zero-order valence-electron chi connectivity index (χ0n) is 12.0. The Balaban J connectivity index is 1.98. The van der Waals surface area contributed by atoms with Crippen molar-refractivity contribution < 1.29 is 9.84 Å². The Morgan fingerprint density at radius 3 is 3.05 bits per heavy atom. The van der Waals surface area contributed by atoms with Crippen LogP contribution in [0.5, 0.6) is 0 Å². The lowest BCUT2D eigenvalue weighted by molar-refractivity contribution is -0.0233. The molecule has 1 saturated heterocycles. The van der Waals surface area contributed by atoms with Crippen LogP contribution in [-0.4, -0.2) is 49.9 Å². The number of rotatable bonds is 5. The summed E-state index contributed by atoms with van der Waals surface area (Å²) >= 11 is 0. The molecule has 0 spiro atoms. The van der Waals surface area contributed by atoms with Crippen LogP contribution in [0, 0.1) is 0 Å². The van der Waals surface area contributed by atoms with Crippen LogP contribution in [0.4, 0.5) is 11.8 Å². The van der Waals surface area contributed by atoms with E-state index in [0.717, 1.165) is 0 Å². The zero-order chi connectivity index (χ0) is 15.7. The molecule has 1 fully saturated rings. The number of anilines is 2. The Morgan fingerprint density at radius 1 is 1.55 bits per heavy atom. The number of nitrogens with one attached hydrogen (secondary N) is 1. The fraction of sp³-hybridized carbons (Fsp3) is 0.462. The molecule has 0 amide bonds. The standard InChI is InChI=1S/C13H19N7O2/c1-2-3-16-11-10-12(19-13(15)18-11)20(6-17-10)9-4-7(14)8(5-21)22-9/h2,6-9,21H,1,3-5,14H2,(H3,15,16,18,19)/t7-,8-,9-/m1/s1. The number of nitrogens with two attached hydrogens (primary N) is 2. The lowest BCUT2D eigenvalue weighted by Gasteiger charge is -2.14. The molecule has 1 aliphatic rings. The van der Waals surface area contributed by atoms with E-state index in [1.54, 1.807) is 17.0 Å². The minimum atomic E-state index is -0.389. The molecular weight excluding hydrogens is 286 g/mol. The number of ether oxygens (including phenoxy) is 1. The van der Waals surface area contributed by atoms with Crippen LogP contribution in [0.3, 0.4) is 0 Å². The van der Waals surface area contributed by atoms with Crippen molar-refractivity contribution >= 4 is 22.9 Å². The topological polar surface area (TPSA) is 137 Å². The van der Waals surface area contributed by atoms with E-state index in [9.17, 15) is 5.11 Å². The highest BCUT2D eigenvalue weighted by Crippen LogP contribution is 2.31. The minimum Gasteiger partial charge on any atom is -0.394 e. The highest BCUT2D eigenvalue weighted by molar-refractivity contribution is 5.84. The van der Waals surface area contributed by atoms with Gasteiger partial charge in [0.1, 0.15) is 6.23 Å². The van der Waals surface area contributed by atoms with Gasteiger partial charge in [-0.3, -0.25) is 4.57 Å². The number of imidazole rings is 1. The van der Waals surface area contributed by atoms with Crippen molar-refractivity contribution in [1.29, 1.82) is 0 Å². The smallest absolute Gasteiger partial charge is 0.224 e. The van der Waals surface area contributed by atoms with Crippen LogP contribution in [0.1, 0.15) is 12.6 Å². The molecule has 9 nitrogen and oxygen atoms in total. The maximum atomic E-state index is 9.26. The van der Waals surface area contributed by atoms with Crippen LogP contribution in [-0.2, 0) is 4.74 Å². The second kappa shape index (κ2) is 5.87. The molecule has 1 aliphatic heterocycles. The molecule has 2 aromatic rings. The van der Waals surface area contributed by atoms with E-state index in [4.69, 9.17) is 16.2 Å². The van der Waals surface area contributed by atoms with Gasteiger partial charge in [0.15, 0.2) is 17.0 Å². The number of nitrogen functional groups attached to an aromatic ring is 1. The number of aliphatic hydroxyl groups excluding tert-OH is 1. The summed E-state index contributed by atoms with van der Waals surface area (Å²) < 4.78 is 7.51. The van der Waals surface area contributed by atoms with Gasteiger partial charge in [0.25, 0.3) is 0 Å². The van der Waals surface area contributed by atoms with Crippen LogP contribution in [0.2, 0.25) is 0 Å². The molecule has 3 heterocycles. The molecule has 0 unspecified atom stereocenters. The minimum absolute atomic E-state index is 0.118. The van der Waals surface area contributed by atoms with Gasteiger partial charge in [-0.25, -0.2) is 4.98 Å². The van der Waals surface area contributed by atoms with Crippen LogP contribution in [0.25, 0.3) is 11.2 Å². The van der Waals surface area contributed by atoms with Crippen LogP contribution < -0.4 is 16.8 Å². The summed E-state index contributed by atoms with van der Waals surface area (Å²) in [4.78, 5) is 12.7. The molecule has 0 bridgehead atoms. The lowest BCUT2D eigenvalue weighted by atomic mass is 10.1. The zero-order valence-corrected chi connectivity index (χ0v) is 12.0. The molecule has 3 atom stereocenters. The largest absolute Gasteiger partial charge is 0.394 e. The van der Waals surface area contributed by atoms with E-state index < -0.39 is 0 Å². The third-order valence-corrected chi connectivity index (χ3v) is 3.63. The van der Waals surface area contributed by atoms with Gasteiger partial charge in [-0.2, -0.15) is 9.97 Å². The first-order chi connectivity index (χ1) is 10.6. The number of aliphatic hydroxyl groups is 1. The molecule has 0 saturated carbocycles. The van der Waals surface area contributed by atoms with Crippen molar-refractivity contribution in [3.8, 4) is 0 Å².